The van der Waals surface area contributed by atoms with Crippen LogP contribution in [0.25, 0.3) is 0 Å². The van der Waals surface area contributed by atoms with Gasteiger partial charge >= 0.3 is 0 Å². The molecule has 0 saturated heterocycles. The van der Waals surface area contributed by atoms with Crippen molar-refractivity contribution in [2.24, 2.45) is 10.9 Å². The maximum absolute atomic E-state index is 5.86. The first-order valence-electron chi connectivity index (χ1n) is 7.11. The third-order valence-corrected chi connectivity index (χ3v) is 3.97. The van der Waals surface area contributed by atoms with Crippen LogP contribution in [0.3, 0.4) is 0 Å². The van der Waals surface area contributed by atoms with Gasteiger partial charge in [-0.05, 0) is 25.5 Å². The van der Waals surface area contributed by atoms with Crippen molar-refractivity contribution >= 4 is 5.90 Å². The Hall–Kier alpha value is -1.77. The largest absolute Gasteiger partial charge is 0.501 e. The van der Waals surface area contributed by atoms with Gasteiger partial charge in [0, 0.05) is 12.3 Å². The van der Waals surface area contributed by atoms with Crippen molar-refractivity contribution in [3.63, 3.8) is 0 Å². The van der Waals surface area contributed by atoms with Gasteiger partial charge in [-0.15, -0.1) is 0 Å². The molecular formula is C17H21NO2. The van der Waals surface area contributed by atoms with Crippen LogP contribution in [0.5, 0.6) is 0 Å². The second kappa shape index (κ2) is 4.97. The lowest BCUT2D eigenvalue weighted by Crippen LogP contribution is -2.18. The van der Waals surface area contributed by atoms with Crippen molar-refractivity contribution in [3.05, 3.63) is 47.7 Å². The van der Waals surface area contributed by atoms with Crippen LogP contribution >= 0.6 is 0 Å². The Morgan fingerprint density at radius 3 is 2.60 bits per heavy atom. The zero-order valence-corrected chi connectivity index (χ0v) is 12.3. The number of benzene rings is 1. The van der Waals surface area contributed by atoms with Crippen LogP contribution in [0, 0.1) is 5.92 Å². The van der Waals surface area contributed by atoms with Crippen molar-refractivity contribution in [1.82, 2.24) is 0 Å². The van der Waals surface area contributed by atoms with Gasteiger partial charge in [-0.3, -0.25) is 0 Å². The molecule has 0 spiro atoms. The van der Waals surface area contributed by atoms with Crippen LogP contribution in [0.2, 0.25) is 0 Å². The normalized spacial score (nSPS) is 27.8. The van der Waals surface area contributed by atoms with Crippen LogP contribution in [-0.2, 0) is 9.47 Å². The summed E-state index contributed by atoms with van der Waals surface area (Å²) in [6.07, 6.45) is 3.07. The summed E-state index contributed by atoms with van der Waals surface area (Å²) < 4.78 is 11.3. The molecule has 0 bridgehead atoms. The Kier molecular flexibility index (Phi) is 3.28. The summed E-state index contributed by atoms with van der Waals surface area (Å²) in [5.74, 6) is 2.46. The van der Waals surface area contributed by atoms with E-state index in [0.29, 0.717) is 12.5 Å². The van der Waals surface area contributed by atoms with Crippen molar-refractivity contribution in [3.8, 4) is 0 Å². The Morgan fingerprint density at radius 2 is 2.00 bits per heavy atom. The highest BCUT2D eigenvalue weighted by molar-refractivity contribution is 5.83. The molecule has 0 amide bonds. The molecule has 0 aromatic heterocycles. The quantitative estimate of drug-likeness (QED) is 0.842. The lowest BCUT2D eigenvalue weighted by molar-refractivity contribution is 0.253. The molecule has 3 nitrogen and oxygen atoms in total. The van der Waals surface area contributed by atoms with E-state index in [1.807, 2.05) is 6.07 Å². The summed E-state index contributed by atoms with van der Waals surface area (Å²) in [7, 11) is 1.73. The van der Waals surface area contributed by atoms with Gasteiger partial charge in [0.25, 0.3) is 0 Å². The molecule has 3 rings (SSSR count). The smallest absolute Gasteiger partial charge is 0.188 e. The summed E-state index contributed by atoms with van der Waals surface area (Å²) in [4.78, 5) is 4.75. The molecule has 3 heteroatoms. The van der Waals surface area contributed by atoms with Crippen LogP contribution in [0.15, 0.2) is 47.2 Å². The number of ether oxygens (including phenoxy) is 2. The minimum atomic E-state index is -0.105. The molecule has 0 unspecified atom stereocenters. The SMILES string of the molecule is COC1=C[C@H](c2ccccc2)[C@H](C2=NC(C)(C)CO2)C1. The average molecular weight is 271 g/mol. The molecule has 0 fully saturated rings. The number of aliphatic imine (C=N–C) groups is 1. The number of nitrogens with zero attached hydrogens (tertiary/aromatic N) is 1. The highest BCUT2D eigenvalue weighted by atomic mass is 16.5. The summed E-state index contributed by atoms with van der Waals surface area (Å²) in [6, 6.07) is 10.5. The fourth-order valence-corrected chi connectivity index (χ4v) is 2.93. The average Bonchev–Trinajstić information content (AvgIpc) is 3.03. The van der Waals surface area contributed by atoms with Gasteiger partial charge in [-0.2, -0.15) is 0 Å². The van der Waals surface area contributed by atoms with Gasteiger partial charge in [-0.1, -0.05) is 30.3 Å². The van der Waals surface area contributed by atoms with Gasteiger partial charge in [0.15, 0.2) is 5.90 Å². The van der Waals surface area contributed by atoms with Gasteiger partial charge in [0.05, 0.1) is 24.3 Å². The molecule has 0 radical (unpaired) electrons. The molecule has 1 heterocycles. The molecule has 1 aliphatic heterocycles. The van der Waals surface area contributed by atoms with Crippen LogP contribution in [-0.4, -0.2) is 25.2 Å². The van der Waals surface area contributed by atoms with Gasteiger partial charge in [0.2, 0.25) is 0 Å². The number of rotatable bonds is 3. The van der Waals surface area contributed by atoms with E-state index in [2.05, 4.69) is 44.2 Å². The molecule has 0 saturated carbocycles. The lowest BCUT2D eigenvalue weighted by Gasteiger charge is -2.18. The first-order chi connectivity index (χ1) is 9.59. The second-order valence-electron chi connectivity index (χ2n) is 6.14. The van der Waals surface area contributed by atoms with E-state index in [4.69, 9.17) is 14.5 Å². The highest BCUT2D eigenvalue weighted by Gasteiger charge is 2.39. The van der Waals surface area contributed by atoms with Gasteiger partial charge < -0.3 is 9.47 Å². The molecule has 0 N–H and O–H groups in total. The Bertz CT molecular complexity index is 545. The summed E-state index contributed by atoms with van der Waals surface area (Å²) in [6.45, 7) is 4.89. The van der Waals surface area contributed by atoms with Crippen molar-refractivity contribution in [2.45, 2.75) is 31.7 Å². The monoisotopic (exact) mass is 271 g/mol. The lowest BCUT2D eigenvalue weighted by atomic mass is 9.88. The first kappa shape index (κ1) is 13.2. The fourth-order valence-electron chi connectivity index (χ4n) is 2.93. The minimum absolute atomic E-state index is 0.105. The topological polar surface area (TPSA) is 30.8 Å². The number of allylic oxidation sites excluding steroid dienone is 2. The number of hydrogen-bond acceptors (Lipinski definition) is 3. The predicted octanol–water partition coefficient (Wildman–Crippen LogP) is 3.53. The van der Waals surface area contributed by atoms with Crippen LogP contribution < -0.4 is 0 Å². The second-order valence-corrected chi connectivity index (χ2v) is 6.14. The first-order valence-corrected chi connectivity index (χ1v) is 7.11. The Morgan fingerprint density at radius 1 is 1.25 bits per heavy atom. The molecule has 1 aliphatic carbocycles. The van der Waals surface area contributed by atoms with E-state index in [1.54, 1.807) is 7.11 Å². The third kappa shape index (κ3) is 2.45. The maximum atomic E-state index is 5.86. The van der Waals surface area contributed by atoms with E-state index in [-0.39, 0.29) is 11.5 Å². The number of hydrogen-bond donors (Lipinski definition) is 0. The molecular weight excluding hydrogens is 250 g/mol. The van der Waals surface area contributed by atoms with Crippen molar-refractivity contribution < 1.29 is 9.47 Å². The van der Waals surface area contributed by atoms with Gasteiger partial charge in [0.1, 0.15) is 6.61 Å². The van der Waals surface area contributed by atoms with Crippen LogP contribution in [0.1, 0.15) is 31.7 Å². The third-order valence-electron chi connectivity index (χ3n) is 3.97. The summed E-state index contributed by atoms with van der Waals surface area (Å²) >= 11 is 0. The zero-order valence-electron chi connectivity index (χ0n) is 12.3. The summed E-state index contributed by atoms with van der Waals surface area (Å²) in [5, 5.41) is 0. The Labute approximate surface area is 120 Å². The highest BCUT2D eigenvalue weighted by Crippen LogP contribution is 2.41. The van der Waals surface area contributed by atoms with Crippen LogP contribution in [0.4, 0.5) is 0 Å². The van der Waals surface area contributed by atoms with E-state index >= 15 is 0 Å². The molecule has 20 heavy (non-hydrogen) atoms. The summed E-state index contributed by atoms with van der Waals surface area (Å²) in [5.41, 5.74) is 1.19. The van der Waals surface area contributed by atoms with E-state index in [1.165, 1.54) is 5.56 Å². The van der Waals surface area contributed by atoms with Gasteiger partial charge in [-0.25, -0.2) is 4.99 Å². The molecule has 1 aromatic carbocycles. The standard InChI is InChI=1S/C17H21NO2/c1-17(2)11-20-16(18-17)15-10-13(19-3)9-14(15)12-7-5-4-6-8-12/h4-9,14-15H,10-11H2,1-3H3/t14-,15-/m1/s1. The van der Waals surface area contributed by atoms with Crippen molar-refractivity contribution in [2.75, 3.05) is 13.7 Å². The minimum Gasteiger partial charge on any atom is -0.501 e. The predicted molar refractivity (Wildman–Crippen MR) is 79.8 cm³/mol. The zero-order chi connectivity index (χ0) is 14.2. The van der Waals surface area contributed by atoms with E-state index in [0.717, 1.165) is 18.1 Å². The van der Waals surface area contributed by atoms with E-state index < -0.39 is 0 Å². The molecule has 106 valence electrons. The van der Waals surface area contributed by atoms with Crippen molar-refractivity contribution in [1.29, 1.82) is 0 Å². The number of methoxy groups -OCH3 is 1. The molecule has 1 aromatic rings. The fraction of sp³-hybridized carbons (Fsp3) is 0.471. The van der Waals surface area contributed by atoms with E-state index in [9.17, 15) is 0 Å². The molecule has 2 atom stereocenters. The molecule has 2 aliphatic rings. The Balaban J connectivity index is 1.91. The maximum Gasteiger partial charge on any atom is 0.188 e.